The highest BCUT2D eigenvalue weighted by atomic mass is 32.2. The van der Waals surface area contributed by atoms with Crippen LogP contribution >= 0.6 is 0 Å². The fourth-order valence-corrected chi connectivity index (χ4v) is 3.26. The Hall–Kier alpha value is -0.660. The zero-order chi connectivity index (χ0) is 19.0. The van der Waals surface area contributed by atoms with Gasteiger partial charge < -0.3 is 10.0 Å². The van der Waals surface area contributed by atoms with Crippen LogP contribution in [-0.4, -0.2) is 54.3 Å². The Balaban J connectivity index is 3.68. The Kier molecular flexibility index (Phi) is 15.2. The second-order valence-electron chi connectivity index (χ2n) is 6.68. The molecular formula is C18H37NO5S. The number of hydrogen-bond donors (Lipinski definition) is 2. The highest BCUT2D eigenvalue weighted by Crippen LogP contribution is 2.12. The van der Waals surface area contributed by atoms with Crippen LogP contribution in [0.1, 0.15) is 84.0 Å². The second-order valence-corrected chi connectivity index (χ2v) is 8.25. The zero-order valence-electron chi connectivity index (χ0n) is 15.8. The van der Waals surface area contributed by atoms with Gasteiger partial charge in [-0.25, -0.2) is 0 Å². The van der Waals surface area contributed by atoms with Gasteiger partial charge in [0, 0.05) is 19.5 Å². The van der Waals surface area contributed by atoms with Crippen molar-refractivity contribution in [3.05, 3.63) is 0 Å². The molecule has 0 heterocycles. The summed E-state index contributed by atoms with van der Waals surface area (Å²) in [5.74, 6) is -0.648. The lowest BCUT2D eigenvalue weighted by Crippen LogP contribution is -2.37. The van der Waals surface area contributed by atoms with Gasteiger partial charge >= 0.3 is 0 Å². The summed E-state index contributed by atoms with van der Waals surface area (Å²) in [6.45, 7) is 2.04. The van der Waals surface area contributed by atoms with Crippen LogP contribution in [-0.2, 0) is 14.9 Å². The average Bonchev–Trinajstić information content (AvgIpc) is 2.55. The van der Waals surface area contributed by atoms with Crippen LogP contribution in [0.4, 0.5) is 0 Å². The lowest BCUT2D eigenvalue weighted by atomic mass is 10.1. The molecule has 0 atom stereocenters. The van der Waals surface area contributed by atoms with Gasteiger partial charge in [-0.05, 0) is 6.42 Å². The summed E-state index contributed by atoms with van der Waals surface area (Å²) in [6.07, 6.45) is 13.6. The average molecular weight is 380 g/mol. The van der Waals surface area contributed by atoms with Crippen molar-refractivity contribution in [3.63, 3.8) is 0 Å². The van der Waals surface area contributed by atoms with Gasteiger partial charge in [0.25, 0.3) is 10.1 Å². The van der Waals surface area contributed by atoms with Gasteiger partial charge in [0.2, 0.25) is 5.91 Å². The minimum absolute atomic E-state index is 0.0732. The molecule has 0 bridgehead atoms. The molecule has 0 aliphatic rings. The smallest absolute Gasteiger partial charge is 0.266 e. The first-order valence-corrected chi connectivity index (χ1v) is 11.4. The van der Waals surface area contributed by atoms with Crippen molar-refractivity contribution in [3.8, 4) is 0 Å². The largest absolute Gasteiger partial charge is 0.395 e. The summed E-state index contributed by atoms with van der Waals surface area (Å²) < 4.78 is 30.3. The molecule has 0 aromatic rings. The van der Waals surface area contributed by atoms with Gasteiger partial charge in [0.05, 0.1) is 12.4 Å². The molecule has 0 aromatic carbocycles. The van der Waals surface area contributed by atoms with E-state index in [1.807, 2.05) is 0 Å². The molecule has 0 aliphatic carbocycles. The highest BCUT2D eigenvalue weighted by Gasteiger charge is 2.15. The summed E-state index contributed by atoms with van der Waals surface area (Å²) >= 11 is 0. The predicted octanol–water partition coefficient (Wildman–Crippen LogP) is 3.40. The molecule has 25 heavy (non-hydrogen) atoms. The topological polar surface area (TPSA) is 94.9 Å². The van der Waals surface area contributed by atoms with Crippen LogP contribution in [0.15, 0.2) is 0 Å². The molecule has 0 unspecified atom stereocenters. The molecule has 0 saturated heterocycles. The van der Waals surface area contributed by atoms with Crippen LogP contribution in [0.5, 0.6) is 0 Å². The normalized spacial score (nSPS) is 11.6. The maximum atomic E-state index is 12.0. The van der Waals surface area contributed by atoms with E-state index in [2.05, 4.69) is 6.92 Å². The van der Waals surface area contributed by atoms with E-state index in [9.17, 15) is 13.2 Å². The molecule has 0 radical (unpaired) electrons. The standard InChI is InChI=1S/C18H37NO5S/c1-2-3-4-5-6-7-8-9-10-11-12-13-18(21)19(14-16-20)15-17-25(22,23)24/h20H,2-17H2,1H3,(H,22,23,24). The number of rotatable bonds is 17. The van der Waals surface area contributed by atoms with Gasteiger partial charge in [-0.2, -0.15) is 8.42 Å². The van der Waals surface area contributed by atoms with Crippen LogP contribution in [0.2, 0.25) is 0 Å². The van der Waals surface area contributed by atoms with E-state index in [1.54, 1.807) is 0 Å². The Labute approximate surface area is 153 Å². The predicted molar refractivity (Wildman–Crippen MR) is 101 cm³/mol. The van der Waals surface area contributed by atoms with E-state index in [4.69, 9.17) is 9.66 Å². The van der Waals surface area contributed by atoms with Crippen molar-refractivity contribution in [2.45, 2.75) is 84.0 Å². The van der Waals surface area contributed by atoms with Gasteiger partial charge in [-0.3, -0.25) is 9.35 Å². The Morgan fingerprint density at radius 1 is 0.840 bits per heavy atom. The van der Waals surface area contributed by atoms with E-state index in [-0.39, 0.29) is 25.6 Å². The first-order chi connectivity index (χ1) is 11.9. The first-order valence-electron chi connectivity index (χ1n) is 9.74. The maximum Gasteiger partial charge on any atom is 0.266 e. The molecule has 0 saturated carbocycles. The molecular weight excluding hydrogens is 342 g/mol. The Morgan fingerprint density at radius 3 is 1.76 bits per heavy atom. The lowest BCUT2D eigenvalue weighted by molar-refractivity contribution is -0.131. The number of carbonyl (C=O) groups is 1. The third-order valence-corrected chi connectivity index (χ3v) is 5.03. The Morgan fingerprint density at radius 2 is 1.32 bits per heavy atom. The van der Waals surface area contributed by atoms with Gasteiger partial charge in [-0.1, -0.05) is 71.1 Å². The third kappa shape index (κ3) is 16.6. The van der Waals surface area contributed by atoms with E-state index in [0.29, 0.717) is 6.42 Å². The highest BCUT2D eigenvalue weighted by molar-refractivity contribution is 7.85. The first kappa shape index (κ1) is 24.3. The van der Waals surface area contributed by atoms with Crippen molar-refractivity contribution in [1.29, 1.82) is 0 Å². The molecule has 6 nitrogen and oxygen atoms in total. The van der Waals surface area contributed by atoms with Gasteiger partial charge in [-0.15, -0.1) is 0 Å². The maximum absolute atomic E-state index is 12.0. The minimum Gasteiger partial charge on any atom is -0.395 e. The van der Waals surface area contributed by atoms with Crippen molar-refractivity contribution < 1.29 is 22.9 Å². The minimum atomic E-state index is -4.09. The number of nitrogens with zero attached hydrogens (tertiary/aromatic N) is 1. The Bertz CT molecular complexity index is 425. The molecule has 0 aromatic heterocycles. The van der Waals surface area contributed by atoms with Crippen LogP contribution in [0.3, 0.4) is 0 Å². The molecule has 150 valence electrons. The van der Waals surface area contributed by atoms with E-state index in [0.717, 1.165) is 19.3 Å². The van der Waals surface area contributed by atoms with Crippen LogP contribution in [0, 0.1) is 0 Å². The fourth-order valence-electron chi connectivity index (χ4n) is 2.81. The number of carbonyl (C=O) groups excluding carboxylic acids is 1. The third-order valence-electron chi connectivity index (χ3n) is 4.34. The van der Waals surface area contributed by atoms with Crippen molar-refractivity contribution >= 4 is 16.0 Å². The molecule has 2 N–H and O–H groups in total. The summed E-state index contributed by atoms with van der Waals surface area (Å²) in [5.41, 5.74) is 0. The number of unbranched alkanes of at least 4 members (excludes halogenated alkanes) is 10. The molecule has 0 fully saturated rings. The lowest BCUT2D eigenvalue weighted by Gasteiger charge is -2.21. The van der Waals surface area contributed by atoms with Crippen molar-refractivity contribution in [1.82, 2.24) is 4.90 Å². The van der Waals surface area contributed by atoms with Crippen molar-refractivity contribution in [2.24, 2.45) is 0 Å². The molecule has 0 rings (SSSR count). The van der Waals surface area contributed by atoms with E-state index in [1.165, 1.54) is 56.3 Å². The number of amides is 1. The number of aliphatic hydroxyl groups excluding tert-OH is 1. The molecule has 0 spiro atoms. The van der Waals surface area contributed by atoms with Gasteiger partial charge in [0.15, 0.2) is 0 Å². The quantitative estimate of drug-likeness (QED) is 0.298. The molecule has 1 amide bonds. The van der Waals surface area contributed by atoms with E-state index >= 15 is 0 Å². The van der Waals surface area contributed by atoms with Gasteiger partial charge in [0.1, 0.15) is 0 Å². The molecule has 0 aliphatic heterocycles. The van der Waals surface area contributed by atoms with Crippen LogP contribution in [0.25, 0.3) is 0 Å². The van der Waals surface area contributed by atoms with Crippen LogP contribution < -0.4 is 0 Å². The summed E-state index contributed by atoms with van der Waals surface area (Å²) in [7, 11) is -4.09. The second kappa shape index (κ2) is 15.6. The summed E-state index contributed by atoms with van der Waals surface area (Å²) in [4.78, 5) is 13.4. The monoisotopic (exact) mass is 379 g/mol. The fraction of sp³-hybridized carbons (Fsp3) is 0.944. The zero-order valence-corrected chi connectivity index (χ0v) is 16.6. The number of hydrogen-bond acceptors (Lipinski definition) is 4. The van der Waals surface area contributed by atoms with Crippen molar-refractivity contribution in [2.75, 3.05) is 25.4 Å². The summed E-state index contributed by atoms with van der Waals surface area (Å²) in [5, 5.41) is 8.97. The number of aliphatic hydroxyl groups is 1. The van der Waals surface area contributed by atoms with E-state index < -0.39 is 15.9 Å². The summed E-state index contributed by atoms with van der Waals surface area (Å²) in [6, 6.07) is 0. The molecule has 7 heteroatoms. The SMILES string of the molecule is CCCCCCCCCCCCCC(=O)N(CCO)CCS(=O)(=O)O.